The van der Waals surface area contributed by atoms with E-state index in [-0.39, 0.29) is 18.0 Å². The Bertz CT molecular complexity index is 863. The molecule has 1 fully saturated rings. The second kappa shape index (κ2) is 8.02. The van der Waals surface area contributed by atoms with Crippen LogP contribution >= 0.6 is 11.6 Å². The molecule has 0 radical (unpaired) electrons. The van der Waals surface area contributed by atoms with Crippen molar-refractivity contribution >= 4 is 23.1 Å². The van der Waals surface area contributed by atoms with Gasteiger partial charge in [0.25, 0.3) is 0 Å². The van der Waals surface area contributed by atoms with E-state index < -0.39 is 6.10 Å². The lowest BCUT2D eigenvalue weighted by atomic mass is 9.88. The Morgan fingerprint density at radius 1 is 1.21 bits per heavy atom. The van der Waals surface area contributed by atoms with Gasteiger partial charge in [0.2, 0.25) is 0 Å². The Kier molecular flexibility index (Phi) is 5.47. The molecule has 1 unspecified atom stereocenters. The molecular formula is C22H24ClNO4. The highest BCUT2D eigenvalue weighted by Crippen LogP contribution is 2.43. The average Bonchev–Trinajstić information content (AvgIpc) is 3.12. The first kappa shape index (κ1) is 19.1. The van der Waals surface area contributed by atoms with Crippen LogP contribution in [0.1, 0.15) is 42.5 Å². The van der Waals surface area contributed by atoms with Gasteiger partial charge in [-0.05, 0) is 49.9 Å². The molecule has 1 atom stereocenters. The number of ether oxygens (including phenoxy) is 2. The molecule has 0 saturated heterocycles. The van der Waals surface area contributed by atoms with Crippen LogP contribution in [0.4, 0.5) is 5.69 Å². The molecule has 0 amide bonds. The number of aliphatic hydroxyl groups excluding tert-OH is 1. The summed E-state index contributed by atoms with van der Waals surface area (Å²) in [5, 5.41) is 13.9. The van der Waals surface area contributed by atoms with E-state index in [1.807, 2.05) is 18.2 Å². The van der Waals surface area contributed by atoms with Gasteiger partial charge < -0.3 is 19.9 Å². The van der Waals surface area contributed by atoms with Crippen LogP contribution in [0.3, 0.4) is 0 Å². The third kappa shape index (κ3) is 4.10. The summed E-state index contributed by atoms with van der Waals surface area (Å²) in [5.74, 6) is 1.32. The van der Waals surface area contributed by atoms with E-state index in [0.717, 1.165) is 31.4 Å². The number of aliphatic hydroxyl groups is 1. The summed E-state index contributed by atoms with van der Waals surface area (Å²) >= 11 is 6.09. The number of para-hydroxylation sites is 1. The highest BCUT2D eigenvalue weighted by Gasteiger charge is 2.42. The molecule has 28 heavy (non-hydrogen) atoms. The minimum atomic E-state index is -0.712. The lowest BCUT2D eigenvalue weighted by molar-refractivity contribution is 0.0446. The fourth-order valence-corrected chi connectivity index (χ4v) is 4.15. The van der Waals surface area contributed by atoms with Crippen molar-refractivity contribution in [2.75, 3.05) is 18.5 Å². The first-order valence-electron chi connectivity index (χ1n) is 9.70. The van der Waals surface area contributed by atoms with Gasteiger partial charge in [-0.3, -0.25) is 4.79 Å². The van der Waals surface area contributed by atoms with Crippen LogP contribution in [0.25, 0.3) is 0 Å². The maximum absolute atomic E-state index is 12.5. The fourth-order valence-electron chi connectivity index (χ4n) is 3.95. The van der Waals surface area contributed by atoms with Crippen molar-refractivity contribution in [2.45, 2.75) is 43.8 Å². The number of hydrogen-bond donors (Lipinski definition) is 2. The van der Waals surface area contributed by atoms with Crippen molar-refractivity contribution in [3.63, 3.8) is 0 Å². The van der Waals surface area contributed by atoms with Crippen LogP contribution in [0, 0.1) is 0 Å². The predicted molar refractivity (Wildman–Crippen MR) is 109 cm³/mol. The Hall–Kier alpha value is -2.24. The van der Waals surface area contributed by atoms with Gasteiger partial charge in [-0.1, -0.05) is 23.7 Å². The van der Waals surface area contributed by atoms with Crippen LogP contribution in [0.15, 0.2) is 42.5 Å². The second-order valence-corrected chi connectivity index (χ2v) is 7.98. The maximum Gasteiger partial charge on any atom is 0.170 e. The molecule has 1 spiro atoms. The highest BCUT2D eigenvalue weighted by molar-refractivity contribution is 6.33. The number of nitrogens with one attached hydrogen (secondary N) is 1. The number of Topliss-reactive ketones (excluding diaryl/α,β-unsaturated/α-hetero) is 1. The van der Waals surface area contributed by atoms with Crippen LogP contribution in [0.5, 0.6) is 11.5 Å². The highest BCUT2D eigenvalue weighted by atomic mass is 35.5. The Labute approximate surface area is 169 Å². The number of carbonyl (C=O) groups is 1. The van der Waals surface area contributed by atoms with E-state index in [1.54, 1.807) is 24.3 Å². The van der Waals surface area contributed by atoms with Gasteiger partial charge in [0, 0.05) is 12.6 Å². The second-order valence-electron chi connectivity index (χ2n) is 7.58. The summed E-state index contributed by atoms with van der Waals surface area (Å²) in [6, 6.07) is 12.6. The number of benzene rings is 2. The number of hydrogen-bond acceptors (Lipinski definition) is 5. The standard InChI is InChI=1S/C22H24ClNO4/c23-18-5-1-2-6-19(18)24-13-15(25)14-27-16-7-8-17-20(26)12-22(9-3-4-10-22)28-21(17)11-16/h1-2,5-8,11,15,24-25H,3-4,9-10,12-14H2. The first-order valence-corrected chi connectivity index (χ1v) is 10.1. The van der Waals surface area contributed by atoms with Gasteiger partial charge in [0.15, 0.2) is 5.78 Å². The monoisotopic (exact) mass is 401 g/mol. The largest absolute Gasteiger partial charge is 0.491 e. The molecule has 2 aromatic carbocycles. The topological polar surface area (TPSA) is 67.8 Å². The number of rotatable bonds is 6. The van der Waals surface area contributed by atoms with Gasteiger partial charge in [-0.2, -0.15) is 0 Å². The summed E-state index contributed by atoms with van der Waals surface area (Å²) in [5.41, 5.74) is 1.05. The lowest BCUT2D eigenvalue weighted by Gasteiger charge is -2.34. The summed E-state index contributed by atoms with van der Waals surface area (Å²) in [6.45, 7) is 0.433. The number of anilines is 1. The van der Waals surface area contributed by atoms with Gasteiger partial charge in [0.1, 0.15) is 29.8 Å². The first-order chi connectivity index (χ1) is 13.5. The van der Waals surface area contributed by atoms with Crippen molar-refractivity contribution in [3.05, 3.63) is 53.1 Å². The quantitative estimate of drug-likeness (QED) is 0.747. The minimum absolute atomic E-state index is 0.120. The summed E-state index contributed by atoms with van der Waals surface area (Å²) in [6.07, 6.45) is 3.81. The molecule has 2 N–H and O–H groups in total. The summed E-state index contributed by atoms with van der Waals surface area (Å²) < 4.78 is 12.0. The third-order valence-electron chi connectivity index (χ3n) is 5.42. The maximum atomic E-state index is 12.5. The zero-order valence-electron chi connectivity index (χ0n) is 15.6. The van der Waals surface area contributed by atoms with Crippen LogP contribution in [0.2, 0.25) is 5.02 Å². The van der Waals surface area contributed by atoms with Crippen molar-refractivity contribution in [1.29, 1.82) is 0 Å². The molecule has 6 heteroatoms. The van der Waals surface area contributed by atoms with Crippen molar-refractivity contribution in [2.24, 2.45) is 0 Å². The van der Waals surface area contributed by atoms with E-state index in [2.05, 4.69) is 5.32 Å². The molecule has 1 aliphatic carbocycles. The molecule has 1 heterocycles. The van der Waals surface area contributed by atoms with Crippen LogP contribution in [-0.4, -0.2) is 35.7 Å². The molecule has 2 aliphatic rings. The number of fused-ring (bicyclic) bond motifs is 1. The lowest BCUT2D eigenvalue weighted by Crippen LogP contribution is -2.39. The van der Waals surface area contributed by atoms with Gasteiger partial charge in [0.05, 0.1) is 22.7 Å². The Morgan fingerprint density at radius 2 is 2.00 bits per heavy atom. The van der Waals surface area contributed by atoms with Crippen LogP contribution < -0.4 is 14.8 Å². The average molecular weight is 402 g/mol. The van der Waals surface area contributed by atoms with E-state index >= 15 is 0 Å². The fraction of sp³-hybridized carbons (Fsp3) is 0.409. The number of halogens is 1. The molecule has 148 valence electrons. The zero-order chi connectivity index (χ0) is 19.6. The SMILES string of the molecule is O=C1CC2(CCCC2)Oc2cc(OCC(O)CNc3ccccc3Cl)ccc21. The van der Waals surface area contributed by atoms with E-state index in [1.165, 1.54) is 0 Å². The molecule has 0 bridgehead atoms. The van der Waals surface area contributed by atoms with E-state index in [9.17, 15) is 9.90 Å². The predicted octanol–water partition coefficient (Wildman–Crippen LogP) is 4.47. The van der Waals surface area contributed by atoms with Crippen molar-refractivity contribution in [1.82, 2.24) is 0 Å². The molecule has 5 nitrogen and oxygen atoms in total. The third-order valence-corrected chi connectivity index (χ3v) is 5.75. The molecule has 1 aliphatic heterocycles. The molecule has 2 aromatic rings. The van der Waals surface area contributed by atoms with Gasteiger partial charge >= 0.3 is 0 Å². The summed E-state index contributed by atoms with van der Waals surface area (Å²) in [4.78, 5) is 12.5. The zero-order valence-corrected chi connectivity index (χ0v) is 16.4. The minimum Gasteiger partial charge on any atom is -0.491 e. The Balaban J connectivity index is 1.35. The molecule has 1 saturated carbocycles. The van der Waals surface area contributed by atoms with Gasteiger partial charge in [-0.15, -0.1) is 0 Å². The van der Waals surface area contributed by atoms with E-state index in [4.69, 9.17) is 21.1 Å². The number of carbonyl (C=O) groups excluding carboxylic acids is 1. The van der Waals surface area contributed by atoms with E-state index in [0.29, 0.717) is 35.1 Å². The van der Waals surface area contributed by atoms with Crippen molar-refractivity contribution < 1.29 is 19.4 Å². The summed E-state index contributed by atoms with van der Waals surface area (Å²) in [7, 11) is 0. The molecule has 0 aromatic heterocycles. The molecule has 4 rings (SSSR count). The van der Waals surface area contributed by atoms with Gasteiger partial charge in [-0.25, -0.2) is 0 Å². The molecular weight excluding hydrogens is 378 g/mol. The normalized spacial score (nSPS) is 18.4. The Morgan fingerprint density at radius 3 is 2.79 bits per heavy atom. The van der Waals surface area contributed by atoms with Crippen molar-refractivity contribution in [3.8, 4) is 11.5 Å². The van der Waals surface area contributed by atoms with Crippen LogP contribution in [-0.2, 0) is 0 Å². The smallest absolute Gasteiger partial charge is 0.170 e. The number of ketones is 1.